The molecule has 0 spiro atoms. The van der Waals surface area contributed by atoms with E-state index in [4.69, 9.17) is 4.84 Å². The van der Waals surface area contributed by atoms with Crippen LogP contribution < -0.4 is 4.90 Å². The zero-order valence-electron chi connectivity index (χ0n) is 14.2. The molecular weight excluding hydrogens is 311 g/mol. The number of benzene rings is 1. The van der Waals surface area contributed by atoms with Gasteiger partial charge in [-0.1, -0.05) is 5.16 Å². The van der Waals surface area contributed by atoms with E-state index in [-0.39, 0.29) is 17.4 Å². The molecule has 7 heteroatoms. The van der Waals surface area contributed by atoms with Gasteiger partial charge in [-0.2, -0.15) is 0 Å². The van der Waals surface area contributed by atoms with Crippen molar-refractivity contribution in [2.45, 2.75) is 6.42 Å². The first-order valence-corrected chi connectivity index (χ1v) is 8.24. The molecule has 0 saturated carbocycles. The fourth-order valence-corrected chi connectivity index (χ4v) is 3.21. The molecule has 0 bridgehead atoms. The number of oxime groups is 1. The van der Waals surface area contributed by atoms with Gasteiger partial charge in [-0.15, -0.1) is 0 Å². The van der Waals surface area contributed by atoms with Crippen LogP contribution in [-0.4, -0.2) is 74.8 Å². The van der Waals surface area contributed by atoms with Gasteiger partial charge in [-0.3, -0.25) is 4.79 Å². The Kier molecular flexibility index (Phi) is 5.11. The van der Waals surface area contributed by atoms with Crippen LogP contribution in [0.3, 0.4) is 0 Å². The van der Waals surface area contributed by atoms with Gasteiger partial charge >= 0.3 is 0 Å². The summed E-state index contributed by atoms with van der Waals surface area (Å²) in [5.41, 5.74) is 1.38. The Balaban J connectivity index is 1.66. The highest BCUT2D eigenvalue weighted by molar-refractivity contribution is 6.54. The second-order valence-corrected chi connectivity index (χ2v) is 6.24. The number of halogens is 1. The molecule has 130 valence electrons. The van der Waals surface area contributed by atoms with E-state index in [1.54, 1.807) is 11.0 Å². The predicted octanol–water partition coefficient (Wildman–Crippen LogP) is 1.16. The third-order valence-corrected chi connectivity index (χ3v) is 4.59. The Labute approximate surface area is 141 Å². The first-order valence-electron chi connectivity index (χ1n) is 8.24. The lowest BCUT2D eigenvalue weighted by molar-refractivity contribution is -0.112. The maximum Gasteiger partial charge on any atom is 0.281 e. The molecule has 3 rings (SSSR count). The summed E-state index contributed by atoms with van der Waals surface area (Å²) in [6.07, 6.45) is 0.868. The summed E-state index contributed by atoms with van der Waals surface area (Å²) < 4.78 is 13.5. The zero-order valence-corrected chi connectivity index (χ0v) is 14.2. The maximum absolute atomic E-state index is 13.5. The smallest absolute Gasteiger partial charge is 0.281 e. The van der Waals surface area contributed by atoms with E-state index in [2.05, 4.69) is 22.0 Å². The van der Waals surface area contributed by atoms with Crippen LogP contribution in [0, 0.1) is 5.82 Å². The van der Waals surface area contributed by atoms with Crippen LogP contribution in [0.4, 0.5) is 10.1 Å². The summed E-state index contributed by atoms with van der Waals surface area (Å²) >= 11 is 0. The Morgan fingerprint density at radius 1 is 1.21 bits per heavy atom. The van der Waals surface area contributed by atoms with Gasteiger partial charge < -0.3 is 19.5 Å². The minimum absolute atomic E-state index is 0.173. The van der Waals surface area contributed by atoms with Crippen LogP contribution in [0.15, 0.2) is 23.4 Å². The fraction of sp³-hybridized carbons (Fsp3) is 0.529. The number of anilines is 1. The lowest BCUT2D eigenvalue weighted by atomic mass is 10.1. The topological polar surface area (TPSA) is 48.4 Å². The van der Waals surface area contributed by atoms with Crippen LogP contribution >= 0.6 is 0 Å². The maximum atomic E-state index is 13.5. The largest absolute Gasteiger partial charge is 0.398 e. The fourth-order valence-electron chi connectivity index (χ4n) is 3.21. The van der Waals surface area contributed by atoms with Crippen LogP contribution in [0.2, 0.25) is 0 Å². The monoisotopic (exact) mass is 334 g/mol. The molecule has 0 unspecified atom stereocenters. The van der Waals surface area contributed by atoms with E-state index in [1.807, 2.05) is 0 Å². The third-order valence-electron chi connectivity index (χ3n) is 4.59. The van der Waals surface area contributed by atoms with Crippen molar-refractivity contribution in [2.24, 2.45) is 5.16 Å². The van der Waals surface area contributed by atoms with E-state index in [9.17, 15) is 9.18 Å². The van der Waals surface area contributed by atoms with Crippen molar-refractivity contribution < 1.29 is 14.0 Å². The van der Waals surface area contributed by atoms with E-state index < -0.39 is 0 Å². The van der Waals surface area contributed by atoms with Crippen molar-refractivity contribution in [3.8, 4) is 0 Å². The normalized spacial score (nSPS) is 20.7. The molecule has 6 nitrogen and oxygen atoms in total. The molecule has 1 aromatic carbocycles. The molecule has 1 aromatic rings. The summed E-state index contributed by atoms with van der Waals surface area (Å²) in [6.45, 7) is 5.81. The third kappa shape index (κ3) is 3.42. The van der Waals surface area contributed by atoms with E-state index >= 15 is 0 Å². The number of piperazine rings is 1. The lowest BCUT2D eigenvalue weighted by Crippen LogP contribution is -2.45. The van der Waals surface area contributed by atoms with Crippen LogP contribution in [0.25, 0.3) is 0 Å². The first kappa shape index (κ1) is 16.9. The van der Waals surface area contributed by atoms with Gasteiger partial charge in [-0.05, 0) is 38.2 Å². The Morgan fingerprint density at radius 2 is 1.96 bits per heavy atom. The number of rotatable bonds is 5. The Hall–Kier alpha value is -1.99. The van der Waals surface area contributed by atoms with Gasteiger partial charge in [0, 0.05) is 38.3 Å². The van der Waals surface area contributed by atoms with Gasteiger partial charge in [0.25, 0.3) is 5.91 Å². The minimum Gasteiger partial charge on any atom is -0.398 e. The molecule has 2 aliphatic rings. The molecule has 0 atom stereocenters. The van der Waals surface area contributed by atoms with E-state index in [0.29, 0.717) is 17.8 Å². The van der Waals surface area contributed by atoms with Crippen molar-refractivity contribution in [3.05, 3.63) is 29.6 Å². The number of hydrogen-bond acceptors (Lipinski definition) is 5. The molecular formula is C17H23FN4O2. The number of likely N-dealkylation sites (N-methyl/N-ethyl adjacent to an activating group) is 1. The Morgan fingerprint density at radius 3 is 2.67 bits per heavy atom. The van der Waals surface area contributed by atoms with Crippen molar-refractivity contribution in [2.75, 3.05) is 58.3 Å². The highest BCUT2D eigenvalue weighted by Gasteiger charge is 2.34. The summed E-state index contributed by atoms with van der Waals surface area (Å²) in [4.78, 5) is 23.7. The predicted molar refractivity (Wildman–Crippen MR) is 90.9 cm³/mol. The molecule has 0 aliphatic carbocycles. The molecule has 1 amide bonds. The molecule has 0 aromatic heterocycles. The van der Waals surface area contributed by atoms with E-state index in [1.165, 1.54) is 19.2 Å². The van der Waals surface area contributed by atoms with Gasteiger partial charge in [0.2, 0.25) is 0 Å². The lowest BCUT2D eigenvalue weighted by Gasteiger charge is -2.32. The highest BCUT2D eigenvalue weighted by Crippen LogP contribution is 2.30. The summed E-state index contributed by atoms with van der Waals surface area (Å²) in [6, 6.07) is 4.34. The summed E-state index contributed by atoms with van der Waals surface area (Å²) in [7, 11) is 3.52. The van der Waals surface area contributed by atoms with Crippen LogP contribution in [0.1, 0.15) is 12.0 Å². The minimum atomic E-state index is -0.385. The number of carbonyl (C=O) groups excluding carboxylic acids is 1. The van der Waals surface area contributed by atoms with Crippen molar-refractivity contribution in [1.29, 1.82) is 0 Å². The van der Waals surface area contributed by atoms with Gasteiger partial charge in [0.05, 0.1) is 5.69 Å². The second kappa shape index (κ2) is 7.27. The van der Waals surface area contributed by atoms with Gasteiger partial charge in [-0.25, -0.2) is 4.39 Å². The number of nitrogens with zero attached hydrogens (tertiary/aromatic N) is 4. The second-order valence-electron chi connectivity index (χ2n) is 6.24. The zero-order chi connectivity index (χ0) is 17.1. The molecule has 2 aliphatic heterocycles. The van der Waals surface area contributed by atoms with E-state index in [0.717, 1.165) is 39.1 Å². The molecule has 24 heavy (non-hydrogen) atoms. The SMILES string of the molecule is CON=C1C(=O)N(CCCN2CCN(C)CC2)c2ccc(F)cc21. The molecule has 0 radical (unpaired) electrons. The molecule has 1 fully saturated rings. The van der Waals surface area contributed by atoms with Crippen molar-refractivity contribution >= 4 is 17.3 Å². The summed E-state index contributed by atoms with van der Waals surface area (Å²) in [5, 5.41) is 3.79. The molecule has 1 saturated heterocycles. The number of fused-ring (bicyclic) bond motifs is 1. The standard InChI is InChI=1S/C17H23FN4O2/c1-20-8-10-21(11-9-20)6-3-7-22-15-5-4-13(18)12-14(15)16(17(22)23)19-24-2/h4-5,12H,3,6-11H2,1-2H3. The van der Waals surface area contributed by atoms with Crippen LogP contribution in [0.5, 0.6) is 0 Å². The number of carbonyl (C=O) groups is 1. The number of amides is 1. The van der Waals surface area contributed by atoms with Gasteiger partial charge in [0.1, 0.15) is 12.9 Å². The first-order chi connectivity index (χ1) is 11.6. The average Bonchev–Trinajstić information content (AvgIpc) is 2.82. The molecule has 2 heterocycles. The average molecular weight is 334 g/mol. The quantitative estimate of drug-likeness (QED) is 0.758. The Bertz CT molecular complexity index is 641. The highest BCUT2D eigenvalue weighted by atomic mass is 19.1. The van der Waals surface area contributed by atoms with Gasteiger partial charge in [0.15, 0.2) is 5.71 Å². The van der Waals surface area contributed by atoms with Crippen molar-refractivity contribution in [3.63, 3.8) is 0 Å². The van der Waals surface area contributed by atoms with Crippen LogP contribution in [-0.2, 0) is 9.63 Å². The molecule has 0 N–H and O–H groups in total. The summed E-state index contributed by atoms with van der Waals surface area (Å²) in [5.74, 6) is -0.611. The number of hydrogen-bond donors (Lipinski definition) is 0. The van der Waals surface area contributed by atoms with Crippen molar-refractivity contribution in [1.82, 2.24) is 9.80 Å².